The maximum Gasteiger partial charge on any atom is 0.240 e. The number of benzene rings is 1. The first-order chi connectivity index (χ1) is 8.88. The fourth-order valence-electron chi connectivity index (χ4n) is 2.34. The number of nitrogens with one attached hydrogen (secondary N) is 1. The molecule has 2 N–H and O–H groups in total. The molecule has 2 unspecified atom stereocenters. The molecule has 1 aliphatic carbocycles. The SMILES string of the molecule is Cc1cc(S(=O)(=O)NC2CCCC(O)C2)ccc1Br. The molecule has 1 saturated carbocycles. The van der Waals surface area contributed by atoms with Crippen molar-refractivity contribution in [2.75, 3.05) is 0 Å². The van der Waals surface area contributed by atoms with Gasteiger partial charge in [0.2, 0.25) is 10.0 Å². The average molecular weight is 348 g/mol. The normalized spacial score (nSPS) is 24.4. The lowest BCUT2D eigenvalue weighted by atomic mass is 9.94. The van der Waals surface area contributed by atoms with E-state index in [-0.39, 0.29) is 10.9 Å². The summed E-state index contributed by atoms with van der Waals surface area (Å²) in [4.78, 5) is 0.272. The zero-order chi connectivity index (χ0) is 14.0. The van der Waals surface area contributed by atoms with Crippen LogP contribution in [-0.4, -0.2) is 25.7 Å². The van der Waals surface area contributed by atoms with E-state index in [0.717, 1.165) is 29.3 Å². The van der Waals surface area contributed by atoms with Gasteiger partial charge in [0, 0.05) is 10.5 Å². The van der Waals surface area contributed by atoms with Crippen molar-refractivity contribution in [3.05, 3.63) is 28.2 Å². The number of hydrogen-bond acceptors (Lipinski definition) is 3. The van der Waals surface area contributed by atoms with E-state index < -0.39 is 16.1 Å². The summed E-state index contributed by atoms with van der Waals surface area (Å²) in [5.41, 5.74) is 0.881. The zero-order valence-corrected chi connectivity index (χ0v) is 13.2. The Kier molecular flexibility index (Phi) is 4.66. The van der Waals surface area contributed by atoms with Gasteiger partial charge in [-0.2, -0.15) is 0 Å². The van der Waals surface area contributed by atoms with Gasteiger partial charge >= 0.3 is 0 Å². The van der Waals surface area contributed by atoms with Crippen molar-refractivity contribution in [1.29, 1.82) is 0 Å². The predicted octanol–water partition coefficient (Wildman–Crippen LogP) is 2.34. The summed E-state index contributed by atoms with van der Waals surface area (Å²) >= 11 is 3.35. The van der Waals surface area contributed by atoms with Crippen LogP contribution in [0.4, 0.5) is 0 Å². The lowest BCUT2D eigenvalue weighted by molar-refractivity contribution is 0.117. The highest BCUT2D eigenvalue weighted by Gasteiger charge is 2.25. The van der Waals surface area contributed by atoms with E-state index in [9.17, 15) is 13.5 Å². The molecular formula is C13H18BrNO3S. The van der Waals surface area contributed by atoms with Gasteiger partial charge in [0.15, 0.2) is 0 Å². The van der Waals surface area contributed by atoms with Gasteiger partial charge in [-0.3, -0.25) is 0 Å². The second-order valence-corrected chi connectivity index (χ2v) is 7.62. The quantitative estimate of drug-likeness (QED) is 0.881. The first-order valence-electron chi connectivity index (χ1n) is 6.35. The van der Waals surface area contributed by atoms with Crippen molar-refractivity contribution in [2.24, 2.45) is 0 Å². The third-order valence-electron chi connectivity index (χ3n) is 3.41. The van der Waals surface area contributed by atoms with E-state index in [1.165, 1.54) is 0 Å². The monoisotopic (exact) mass is 347 g/mol. The highest BCUT2D eigenvalue weighted by atomic mass is 79.9. The van der Waals surface area contributed by atoms with Crippen molar-refractivity contribution in [3.8, 4) is 0 Å². The molecule has 0 aliphatic heterocycles. The maximum absolute atomic E-state index is 12.3. The molecule has 0 spiro atoms. The van der Waals surface area contributed by atoms with E-state index >= 15 is 0 Å². The van der Waals surface area contributed by atoms with Gasteiger partial charge in [-0.1, -0.05) is 15.9 Å². The summed E-state index contributed by atoms with van der Waals surface area (Å²) in [5, 5.41) is 9.59. The molecule has 1 aliphatic rings. The molecule has 1 aromatic rings. The Hall–Kier alpha value is -0.430. The molecule has 106 valence electrons. The van der Waals surface area contributed by atoms with Gasteiger partial charge < -0.3 is 5.11 Å². The maximum atomic E-state index is 12.3. The van der Waals surface area contributed by atoms with E-state index in [1.54, 1.807) is 18.2 Å². The van der Waals surface area contributed by atoms with Crippen molar-refractivity contribution in [2.45, 2.75) is 49.6 Å². The van der Waals surface area contributed by atoms with Gasteiger partial charge in [-0.05, 0) is 56.4 Å². The predicted molar refractivity (Wildman–Crippen MR) is 77.5 cm³/mol. The molecular weight excluding hydrogens is 330 g/mol. The third-order valence-corrected chi connectivity index (χ3v) is 5.82. The highest BCUT2D eigenvalue weighted by Crippen LogP contribution is 2.23. The number of aryl methyl sites for hydroxylation is 1. The number of sulfonamides is 1. The van der Waals surface area contributed by atoms with E-state index in [0.29, 0.717) is 6.42 Å². The summed E-state index contributed by atoms with van der Waals surface area (Å²) in [6.45, 7) is 1.85. The van der Waals surface area contributed by atoms with Gasteiger partial charge in [-0.25, -0.2) is 13.1 Å². The number of halogens is 1. The minimum Gasteiger partial charge on any atom is -0.393 e. The Labute approximate surface area is 122 Å². The number of aliphatic hydroxyl groups is 1. The van der Waals surface area contributed by atoms with Crippen LogP contribution in [0.15, 0.2) is 27.6 Å². The van der Waals surface area contributed by atoms with Gasteiger partial charge in [0.25, 0.3) is 0 Å². The second-order valence-electron chi connectivity index (χ2n) is 5.05. The number of aliphatic hydroxyl groups excluding tert-OH is 1. The molecule has 2 rings (SSSR count). The van der Waals surface area contributed by atoms with Crippen molar-refractivity contribution >= 4 is 26.0 Å². The van der Waals surface area contributed by atoms with Gasteiger partial charge in [0.05, 0.1) is 11.0 Å². The van der Waals surface area contributed by atoms with Crippen LogP contribution in [0, 0.1) is 6.92 Å². The lowest BCUT2D eigenvalue weighted by Crippen LogP contribution is -2.39. The first-order valence-corrected chi connectivity index (χ1v) is 8.62. The van der Waals surface area contributed by atoms with Crippen LogP contribution >= 0.6 is 15.9 Å². The highest BCUT2D eigenvalue weighted by molar-refractivity contribution is 9.10. The zero-order valence-electron chi connectivity index (χ0n) is 10.8. The fraction of sp³-hybridized carbons (Fsp3) is 0.538. The largest absolute Gasteiger partial charge is 0.393 e. The summed E-state index contributed by atoms with van der Waals surface area (Å²) < 4.78 is 28.1. The second kappa shape index (κ2) is 5.91. The van der Waals surface area contributed by atoms with Crippen LogP contribution in [0.2, 0.25) is 0 Å². The summed E-state index contributed by atoms with van der Waals surface area (Å²) in [7, 11) is -3.50. The van der Waals surface area contributed by atoms with Crippen LogP contribution in [-0.2, 0) is 10.0 Å². The van der Waals surface area contributed by atoms with E-state index in [4.69, 9.17) is 0 Å². The molecule has 1 fully saturated rings. The molecule has 0 heterocycles. The van der Waals surface area contributed by atoms with Crippen molar-refractivity contribution in [1.82, 2.24) is 4.72 Å². The number of hydrogen-bond donors (Lipinski definition) is 2. The fourth-order valence-corrected chi connectivity index (χ4v) is 3.96. The molecule has 0 radical (unpaired) electrons. The standard InChI is InChI=1S/C13H18BrNO3S/c1-9-7-12(5-6-13(9)14)19(17,18)15-10-3-2-4-11(16)8-10/h5-7,10-11,15-16H,2-4,8H2,1H3. The van der Waals surface area contributed by atoms with E-state index in [1.807, 2.05) is 6.92 Å². The minimum absolute atomic E-state index is 0.169. The Morgan fingerprint density at radius 3 is 2.74 bits per heavy atom. The molecule has 1 aromatic carbocycles. The smallest absolute Gasteiger partial charge is 0.240 e. The Bertz CT molecular complexity index is 559. The van der Waals surface area contributed by atoms with Crippen LogP contribution in [0.25, 0.3) is 0 Å². The van der Waals surface area contributed by atoms with Crippen molar-refractivity contribution < 1.29 is 13.5 Å². The third kappa shape index (κ3) is 3.78. The Balaban J connectivity index is 2.15. The van der Waals surface area contributed by atoms with Gasteiger partial charge in [-0.15, -0.1) is 0 Å². The Morgan fingerprint density at radius 2 is 2.11 bits per heavy atom. The topological polar surface area (TPSA) is 66.4 Å². The van der Waals surface area contributed by atoms with Crippen LogP contribution in [0.1, 0.15) is 31.2 Å². The first kappa shape index (κ1) is 15.0. The van der Waals surface area contributed by atoms with E-state index in [2.05, 4.69) is 20.7 Å². The molecule has 2 atom stereocenters. The Morgan fingerprint density at radius 1 is 1.37 bits per heavy atom. The molecule has 0 aromatic heterocycles. The molecule has 0 amide bonds. The van der Waals surface area contributed by atoms with Crippen LogP contribution < -0.4 is 4.72 Å². The summed E-state index contributed by atoms with van der Waals surface area (Å²) in [5.74, 6) is 0. The molecule has 19 heavy (non-hydrogen) atoms. The molecule has 0 bridgehead atoms. The summed E-state index contributed by atoms with van der Waals surface area (Å²) in [6.07, 6.45) is 2.50. The van der Waals surface area contributed by atoms with Crippen molar-refractivity contribution in [3.63, 3.8) is 0 Å². The minimum atomic E-state index is -3.50. The van der Waals surface area contributed by atoms with Crippen LogP contribution in [0.5, 0.6) is 0 Å². The molecule has 6 heteroatoms. The molecule has 4 nitrogen and oxygen atoms in total. The molecule has 0 saturated heterocycles. The van der Waals surface area contributed by atoms with Gasteiger partial charge in [0.1, 0.15) is 0 Å². The average Bonchev–Trinajstić information content (AvgIpc) is 2.32. The number of rotatable bonds is 3. The lowest BCUT2D eigenvalue weighted by Gasteiger charge is -2.26. The summed E-state index contributed by atoms with van der Waals surface area (Å²) in [6, 6.07) is 4.79. The van der Waals surface area contributed by atoms with Crippen LogP contribution in [0.3, 0.4) is 0 Å².